The van der Waals surface area contributed by atoms with Crippen molar-refractivity contribution in [3.63, 3.8) is 0 Å². The van der Waals surface area contributed by atoms with Crippen molar-refractivity contribution in [3.8, 4) is 44.5 Å². The van der Waals surface area contributed by atoms with Gasteiger partial charge in [0.2, 0.25) is 0 Å². The minimum atomic E-state index is 0.929. The Kier molecular flexibility index (Phi) is 5.96. The zero-order chi connectivity index (χ0) is 37.6. The molecule has 0 unspecified atom stereocenters. The molecular formula is C56H30OS. The molecule has 2 heterocycles. The van der Waals surface area contributed by atoms with E-state index in [-0.39, 0.29) is 0 Å². The van der Waals surface area contributed by atoms with E-state index in [0.29, 0.717) is 0 Å². The first kappa shape index (κ1) is 30.9. The second kappa shape index (κ2) is 11.2. The molecule has 0 N–H and O–H groups in total. The highest BCUT2D eigenvalue weighted by Crippen LogP contribution is 2.49. The van der Waals surface area contributed by atoms with Gasteiger partial charge in [0.1, 0.15) is 11.2 Å². The van der Waals surface area contributed by atoms with Crippen LogP contribution in [0.25, 0.3) is 140 Å². The molecule has 0 amide bonds. The van der Waals surface area contributed by atoms with Gasteiger partial charge in [0.05, 0.1) is 0 Å². The predicted octanol–water partition coefficient (Wildman–Crippen LogP) is 16.7. The summed E-state index contributed by atoms with van der Waals surface area (Å²) in [6.07, 6.45) is 0. The Labute approximate surface area is 336 Å². The average Bonchev–Trinajstić information content (AvgIpc) is 3.95. The van der Waals surface area contributed by atoms with Crippen LogP contribution in [0.15, 0.2) is 186 Å². The molecule has 0 radical (unpaired) electrons. The highest BCUT2D eigenvalue weighted by Gasteiger charge is 2.22. The van der Waals surface area contributed by atoms with Crippen molar-refractivity contribution in [1.82, 2.24) is 0 Å². The van der Waals surface area contributed by atoms with Gasteiger partial charge in [-0.3, -0.25) is 0 Å². The summed E-state index contributed by atoms with van der Waals surface area (Å²) in [4.78, 5) is 0. The number of hydrogen-bond donors (Lipinski definition) is 0. The second-order valence-electron chi connectivity index (χ2n) is 16.0. The van der Waals surface area contributed by atoms with Crippen molar-refractivity contribution in [2.45, 2.75) is 0 Å². The molecule has 0 atom stereocenters. The molecule has 2 heteroatoms. The summed E-state index contributed by atoms with van der Waals surface area (Å²) in [5, 5.41) is 17.6. The lowest BCUT2D eigenvalue weighted by atomic mass is 9.91. The number of thiophene rings is 1. The first-order valence-corrected chi connectivity index (χ1v) is 20.8. The van der Waals surface area contributed by atoms with Gasteiger partial charge in [0, 0.05) is 30.9 Å². The van der Waals surface area contributed by atoms with E-state index in [1.54, 1.807) is 0 Å². The standard InChI is InChI=1S/C56H30OS/c1-2-10-37-31(7-1)17-22-51-56(37)50-29-46-41-21-16-33(25-44(41)38-11-3-4-12-39(38)47(46)30-52(50)57-51)35-18-23-53-48(27-35)49-28-36(19-24-54(49)58-53)34-15-20-40-42-13-5-8-32-9-6-14-43(55(32)42)45(40)26-34/h1-30H. The Hall–Kier alpha value is -7.26. The molecule has 14 rings (SSSR count). The minimum absolute atomic E-state index is 0.929. The number of rotatable bonds is 2. The van der Waals surface area contributed by atoms with Crippen LogP contribution in [0.4, 0.5) is 0 Å². The number of hydrogen-bond acceptors (Lipinski definition) is 2. The summed E-state index contributed by atoms with van der Waals surface area (Å²) in [6, 6.07) is 67.9. The quantitative estimate of drug-likeness (QED) is 0.160. The third kappa shape index (κ3) is 4.14. The maximum Gasteiger partial charge on any atom is 0.136 e. The lowest BCUT2D eigenvalue weighted by molar-refractivity contribution is 0.670. The van der Waals surface area contributed by atoms with Crippen molar-refractivity contribution in [2.24, 2.45) is 0 Å². The molecule has 58 heavy (non-hydrogen) atoms. The molecule has 0 fully saturated rings. The summed E-state index contributed by atoms with van der Waals surface area (Å²) in [5.74, 6) is 0. The third-order valence-corrected chi connectivity index (χ3v) is 14.1. The van der Waals surface area contributed by atoms with Crippen LogP contribution >= 0.6 is 11.3 Å². The summed E-state index contributed by atoms with van der Waals surface area (Å²) < 4.78 is 9.17. The Morgan fingerprint density at radius 2 is 0.845 bits per heavy atom. The molecule has 266 valence electrons. The van der Waals surface area contributed by atoms with Crippen LogP contribution in [0.2, 0.25) is 0 Å². The van der Waals surface area contributed by atoms with Gasteiger partial charge in [0.25, 0.3) is 0 Å². The highest BCUT2D eigenvalue weighted by molar-refractivity contribution is 7.25. The highest BCUT2D eigenvalue weighted by atomic mass is 32.1. The van der Waals surface area contributed by atoms with Gasteiger partial charge < -0.3 is 4.42 Å². The van der Waals surface area contributed by atoms with E-state index in [4.69, 9.17) is 4.42 Å². The average molecular weight is 751 g/mol. The molecule has 1 aliphatic rings. The first-order valence-electron chi connectivity index (χ1n) is 20.0. The number of benzene rings is 11. The molecular weight excluding hydrogens is 721 g/mol. The van der Waals surface area contributed by atoms with E-state index in [1.807, 2.05) is 11.3 Å². The van der Waals surface area contributed by atoms with Crippen molar-refractivity contribution >= 4 is 107 Å². The van der Waals surface area contributed by atoms with Gasteiger partial charge in [-0.25, -0.2) is 0 Å². The van der Waals surface area contributed by atoms with Gasteiger partial charge in [-0.1, -0.05) is 127 Å². The van der Waals surface area contributed by atoms with Gasteiger partial charge >= 0.3 is 0 Å². The van der Waals surface area contributed by atoms with E-state index in [9.17, 15) is 0 Å². The van der Waals surface area contributed by atoms with E-state index >= 15 is 0 Å². The van der Waals surface area contributed by atoms with Gasteiger partial charge in [0.15, 0.2) is 0 Å². The van der Waals surface area contributed by atoms with Crippen molar-refractivity contribution < 1.29 is 4.42 Å². The predicted molar refractivity (Wildman–Crippen MR) is 249 cm³/mol. The van der Waals surface area contributed by atoms with Crippen molar-refractivity contribution in [1.29, 1.82) is 0 Å². The maximum atomic E-state index is 6.54. The molecule has 13 aromatic rings. The molecule has 0 spiro atoms. The van der Waals surface area contributed by atoms with Crippen LogP contribution in [0.1, 0.15) is 0 Å². The topological polar surface area (TPSA) is 13.1 Å². The van der Waals surface area contributed by atoms with Crippen molar-refractivity contribution in [3.05, 3.63) is 182 Å². The van der Waals surface area contributed by atoms with Crippen LogP contribution in [0.5, 0.6) is 0 Å². The Morgan fingerprint density at radius 3 is 1.60 bits per heavy atom. The lowest BCUT2D eigenvalue weighted by Crippen LogP contribution is -1.85. The van der Waals surface area contributed by atoms with Crippen LogP contribution in [-0.2, 0) is 0 Å². The fourth-order valence-electron chi connectivity index (χ4n) is 10.3. The lowest BCUT2D eigenvalue weighted by Gasteiger charge is -2.12. The van der Waals surface area contributed by atoms with Crippen LogP contribution in [-0.4, -0.2) is 0 Å². The van der Waals surface area contributed by atoms with E-state index in [1.165, 1.54) is 124 Å². The molecule has 1 aliphatic carbocycles. The molecule has 0 saturated heterocycles. The second-order valence-corrected chi connectivity index (χ2v) is 17.0. The van der Waals surface area contributed by atoms with Crippen LogP contribution < -0.4 is 0 Å². The SMILES string of the molecule is c1cc2c3c(cccc3c1)-c1cc(-c3ccc4sc5ccc(-c6ccc7c(c6)c6ccccc6c6cc8oc9ccc%10ccccc%10c9c8cc76)cc5c4c3)ccc1-2. The fraction of sp³-hybridized carbons (Fsp3) is 0. The van der Waals surface area contributed by atoms with Crippen molar-refractivity contribution in [2.75, 3.05) is 0 Å². The number of furan rings is 1. The molecule has 0 bridgehead atoms. The zero-order valence-electron chi connectivity index (χ0n) is 31.1. The molecule has 0 aliphatic heterocycles. The fourth-order valence-corrected chi connectivity index (χ4v) is 11.3. The maximum absolute atomic E-state index is 6.54. The molecule has 1 nitrogen and oxygen atoms in total. The van der Waals surface area contributed by atoms with Gasteiger partial charge in [-0.2, -0.15) is 0 Å². The zero-order valence-corrected chi connectivity index (χ0v) is 32.0. The van der Waals surface area contributed by atoms with Crippen LogP contribution in [0, 0.1) is 0 Å². The molecule has 11 aromatic carbocycles. The molecule has 0 saturated carbocycles. The summed E-state index contributed by atoms with van der Waals surface area (Å²) >= 11 is 1.88. The normalized spacial score (nSPS) is 12.5. The minimum Gasteiger partial charge on any atom is -0.456 e. The van der Waals surface area contributed by atoms with E-state index in [2.05, 4.69) is 182 Å². The Morgan fingerprint density at radius 1 is 0.276 bits per heavy atom. The van der Waals surface area contributed by atoms with Gasteiger partial charge in [-0.15, -0.1) is 11.3 Å². The number of fused-ring (bicyclic) bond motifs is 17. The summed E-state index contributed by atoms with van der Waals surface area (Å²) in [7, 11) is 0. The van der Waals surface area contributed by atoms with Crippen LogP contribution in [0.3, 0.4) is 0 Å². The largest absolute Gasteiger partial charge is 0.456 e. The van der Waals surface area contributed by atoms with E-state index in [0.717, 1.165) is 16.6 Å². The Bertz CT molecular complexity index is 3970. The third-order valence-electron chi connectivity index (χ3n) is 13.0. The summed E-state index contributed by atoms with van der Waals surface area (Å²) in [6.45, 7) is 0. The summed E-state index contributed by atoms with van der Waals surface area (Å²) in [5.41, 5.74) is 12.2. The molecule has 2 aromatic heterocycles. The first-order chi connectivity index (χ1) is 28.7. The van der Waals surface area contributed by atoms with Gasteiger partial charge in [-0.05, 0) is 153 Å². The Balaban J connectivity index is 0.930. The monoisotopic (exact) mass is 750 g/mol. The van der Waals surface area contributed by atoms with E-state index < -0.39 is 0 Å². The smallest absolute Gasteiger partial charge is 0.136 e.